The van der Waals surface area contributed by atoms with Gasteiger partial charge in [-0.3, -0.25) is 9.59 Å². The fourth-order valence-electron chi connectivity index (χ4n) is 0.917. The minimum absolute atomic E-state index is 0.263. The van der Waals surface area contributed by atoms with E-state index in [-0.39, 0.29) is 18.0 Å². The molecule has 5 nitrogen and oxygen atoms in total. The molecule has 0 aliphatic rings. The molecule has 0 spiro atoms. The van der Waals surface area contributed by atoms with Crippen molar-refractivity contribution in [3.63, 3.8) is 0 Å². The number of nitrogens with zero attached hydrogens (tertiary/aromatic N) is 2. The zero-order valence-corrected chi connectivity index (χ0v) is 7.48. The molecule has 0 fully saturated rings. The first-order chi connectivity index (χ1) is 6.15. The number of rotatable bonds is 3. The highest BCUT2D eigenvalue weighted by Crippen LogP contribution is 2.00. The highest BCUT2D eigenvalue weighted by Gasteiger charge is 2.15. The van der Waals surface area contributed by atoms with Gasteiger partial charge in [0.2, 0.25) is 5.78 Å². The summed E-state index contributed by atoms with van der Waals surface area (Å²) in [6.07, 6.45) is 2.89. The average Bonchev–Trinajstić information content (AvgIpc) is 2.51. The van der Waals surface area contributed by atoms with E-state index in [2.05, 4.69) is 9.72 Å². The van der Waals surface area contributed by atoms with Crippen molar-refractivity contribution in [2.75, 3.05) is 7.11 Å². The lowest BCUT2D eigenvalue weighted by Crippen LogP contribution is -2.13. The molecule has 0 saturated heterocycles. The number of aryl methyl sites for hydroxylation is 1. The molecule has 70 valence electrons. The van der Waals surface area contributed by atoms with Crippen LogP contribution in [0.15, 0.2) is 12.4 Å². The summed E-state index contributed by atoms with van der Waals surface area (Å²) in [6, 6.07) is 0. The van der Waals surface area contributed by atoms with Crippen LogP contribution in [0, 0.1) is 0 Å². The number of methoxy groups -OCH3 is 1. The Morgan fingerprint density at radius 2 is 2.31 bits per heavy atom. The van der Waals surface area contributed by atoms with Crippen molar-refractivity contribution in [2.24, 2.45) is 7.05 Å². The highest BCUT2D eigenvalue weighted by molar-refractivity contribution is 6.03. The molecule has 0 atom stereocenters. The predicted octanol–water partition coefficient (Wildman–Crippen LogP) is 0.166. The fourth-order valence-corrected chi connectivity index (χ4v) is 0.917. The first-order valence-electron chi connectivity index (χ1n) is 3.72. The Bertz CT molecular complexity index is 330. The van der Waals surface area contributed by atoms with Gasteiger partial charge in [-0.25, -0.2) is 4.98 Å². The molecule has 5 heteroatoms. The van der Waals surface area contributed by atoms with Crippen LogP contribution in [0.4, 0.5) is 0 Å². The summed E-state index contributed by atoms with van der Waals surface area (Å²) in [5, 5.41) is 0. The Kier molecular flexibility index (Phi) is 2.79. The Balaban J connectivity index is 2.69. The number of aromatic nitrogens is 2. The maximum absolute atomic E-state index is 11.3. The van der Waals surface area contributed by atoms with Crippen LogP contribution in [0.5, 0.6) is 0 Å². The second-order valence-corrected chi connectivity index (χ2v) is 2.54. The Hall–Kier alpha value is -1.65. The number of imidazole rings is 1. The lowest BCUT2D eigenvalue weighted by Gasteiger charge is -1.99. The van der Waals surface area contributed by atoms with E-state index in [9.17, 15) is 9.59 Å². The van der Waals surface area contributed by atoms with E-state index < -0.39 is 5.97 Å². The summed E-state index contributed by atoms with van der Waals surface area (Å²) in [5.41, 5.74) is 0. The topological polar surface area (TPSA) is 61.2 Å². The fraction of sp³-hybridized carbons (Fsp3) is 0.375. The summed E-state index contributed by atoms with van der Waals surface area (Å²) in [7, 11) is 2.94. The molecule has 1 heterocycles. The van der Waals surface area contributed by atoms with Crippen LogP contribution < -0.4 is 0 Å². The maximum Gasteiger partial charge on any atom is 0.313 e. The van der Waals surface area contributed by atoms with Crippen molar-refractivity contribution in [2.45, 2.75) is 6.42 Å². The number of carbonyl (C=O) groups excluding carboxylic acids is 2. The molecule has 1 rings (SSSR count). The van der Waals surface area contributed by atoms with Crippen molar-refractivity contribution in [1.82, 2.24) is 9.55 Å². The van der Waals surface area contributed by atoms with Crippen molar-refractivity contribution in [3.05, 3.63) is 18.2 Å². The number of ether oxygens (including phenoxy) is 1. The van der Waals surface area contributed by atoms with E-state index in [1.54, 1.807) is 17.8 Å². The van der Waals surface area contributed by atoms with Crippen molar-refractivity contribution < 1.29 is 14.3 Å². The molecule has 0 aliphatic heterocycles. The predicted molar refractivity (Wildman–Crippen MR) is 44.2 cm³/mol. The molecule has 0 N–H and O–H groups in total. The van der Waals surface area contributed by atoms with Gasteiger partial charge in [0, 0.05) is 19.4 Å². The van der Waals surface area contributed by atoms with E-state index in [4.69, 9.17) is 0 Å². The van der Waals surface area contributed by atoms with Crippen LogP contribution in [0.3, 0.4) is 0 Å². The molecule has 0 bridgehead atoms. The number of Topliss-reactive ketones (excluding diaryl/α,β-unsaturated/α-hetero) is 1. The van der Waals surface area contributed by atoms with Crippen LogP contribution in [0.25, 0.3) is 0 Å². The molecule has 0 saturated carbocycles. The SMILES string of the molecule is COC(=O)CC(=O)c1nccn1C. The monoisotopic (exact) mass is 182 g/mol. The zero-order chi connectivity index (χ0) is 9.84. The summed E-state index contributed by atoms with van der Waals surface area (Å²) < 4.78 is 5.92. The summed E-state index contributed by atoms with van der Waals surface area (Å²) in [6.45, 7) is 0. The molecule has 0 unspecified atom stereocenters. The van der Waals surface area contributed by atoms with Crippen LogP contribution in [0.1, 0.15) is 17.0 Å². The third-order valence-corrected chi connectivity index (χ3v) is 1.60. The molecular weight excluding hydrogens is 172 g/mol. The lowest BCUT2D eigenvalue weighted by atomic mass is 10.3. The second kappa shape index (κ2) is 3.84. The van der Waals surface area contributed by atoms with Gasteiger partial charge in [-0.15, -0.1) is 0 Å². The summed E-state index contributed by atoms with van der Waals surface area (Å²) in [5.74, 6) is -0.613. The molecule has 0 aromatic carbocycles. The van der Waals surface area contributed by atoms with Gasteiger partial charge in [0.1, 0.15) is 6.42 Å². The van der Waals surface area contributed by atoms with E-state index in [0.717, 1.165) is 0 Å². The van der Waals surface area contributed by atoms with Crippen molar-refractivity contribution in [3.8, 4) is 0 Å². The van der Waals surface area contributed by atoms with Gasteiger partial charge in [0.25, 0.3) is 0 Å². The Morgan fingerprint density at radius 3 is 2.77 bits per heavy atom. The molecule has 0 amide bonds. The van der Waals surface area contributed by atoms with E-state index >= 15 is 0 Å². The maximum atomic E-state index is 11.3. The number of ketones is 1. The van der Waals surface area contributed by atoms with Crippen LogP contribution in [-0.2, 0) is 16.6 Å². The van der Waals surface area contributed by atoms with Gasteiger partial charge in [0.05, 0.1) is 7.11 Å². The molecule has 1 aromatic heterocycles. The smallest absolute Gasteiger partial charge is 0.313 e. The van der Waals surface area contributed by atoms with Gasteiger partial charge in [0.15, 0.2) is 5.82 Å². The molecule has 0 radical (unpaired) electrons. The van der Waals surface area contributed by atoms with Gasteiger partial charge >= 0.3 is 5.97 Å². The van der Waals surface area contributed by atoms with Gasteiger partial charge in [-0.1, -0.05) is 0 Å². The van der Waals surface area contributed by atoms with Crippen LogP contribution >= 0.6 is 0 Å². The van der Waals surface area contributed by atoms with E-state index in [1.807, 2.05) is 0 Å². The highest BCUT2D eigenvalue weighted by atomic mass is 16.5. The van der Waals surface area contributed by atoms with Crippen molar-refractivity contribution >= 4 is 11.8 Å². The van der Waals surface area contributed by atoms with Crippen LogP contribution in [0.2, 0.25) is 0 Å². The first-order valence-corrected chi connectivity index (χ1v) is 3.72. The Labute approximate surface area is 75.3 Å². The second-order valence-electron chi connectivity index (χ2n) is 2.54. The van der Waals surface area contributed by atoms with Crippen LogP contribution in [-0.4, -0.2) is 28.4 Å². The number of hydrogen-bond acceptors (Lipinski definition) is 4. The molecular formula is C8H10N2O3. The number of esters is 1. The van der Waals surface area contributed by atoms with E-state index in [0.29, 0.717) is 0 Å². The first kappa shape index (κ1) is 9.44. The largest absolute Gasteiger partial charge is 0.469 e. The number of carbonyl (C=O) groups is 2. The van der Waals surface area contributed by atoms with Gasteiger partial charge in [-0.2, -0.15) is 0 Å². The third-order valence-electron chi connectivity index (χ3n) is 1.60. The number of hydrogen-bond donors (Lipinski definition) is 0. The molecule has 13 heavy (non-hydrogen) atoms. The minimum atomic E-state index is -0.548. The average molecular weight is 182 g/mol. The minimum Gasteiger partial charge on any atom is -0.469 e. The molecule has 0 aliphatic carbocycles. The van der Waals surface area contributed by atoms with Gasteiger partial charge in [-0.05, 0) is 0 Å². The standard InChI is InChI=1S/C8H10N2O3/c1-10-4-3-9-8(10)6(11)5-7(12)13-2/h3-4H,5H2,1-2H3. The normalized spacial score (nSPS) is 9.69. The third kappa shape index (κ3) is 2.14. The molecule has 1 aromatic rings. The zero-order valence-electron chi connectivity index (χ0n) is 7.48. The quantitative estimate of drug-likeness (QED) is 0.379. The van der Waals surface area contributed by atoms with Gasteiger partial charge < -0.3 is 9.30 Å². The summed E-state index contributed by atoms with van der Waals surface area (Å²) in [4.78, 5) is 25.9. The lowest BCUT2D eigenvalue weighted by molar-refractivity contribution is -0.139. The van der Waals surface area contributed by atoms with E-state index in [1.165, 1.54) is 13.3 Å². The Morgan fingerprint density at radius 1 is 1.62 bits per heavy atom. The van der Waals surface area contributed by atoms with Crippen molar-refractivity contribution in [1.29, 1.82) is 0 Å². The summed E-state index contributed by atoms with van der Waals surface area (Å²) >= 11 is 0.